The Kier molecular flexibility index (Phi) is 7.10. The molecule has 2 aliphatic heterocycles. The average molecular weight is 456 g/mol. The summed E-state index contributed by atoms with van der Waals surface area (Å²) in [6, 6.07) is 28.8. The van der Waals surface area contributed by atoms with Crippen molar-refractivity contribution in [2.24, 2.45) is 0 Å². The zero-order valence-electron chi connectivity index (χ0n) is 19.7. The highest BCUT2D eigenvalue weighted by atomic mass is 16.5. The highest BCUT2D eigenvalue weighted by Crippen LogP contribution is 2.22. The van der Waals surface area contributed by atoms with Crippen LogP contribution in [-0.2, 0) is 6.54 Å². The summed E-state index contributed by atoms with van der Waals surface area (Å²) in [5, 5.41) is 0. The predicted molar refractivity (Wildman–Crippen MR) is 136 cm³/mol. The van der Waals surface area contributed by atoms with Crippen molar-refractivity contribution < 1.29 is 9.53 Å². The Balaban J connectivity index is 1.08. The van der Waals surface area contributed by atoms with Crippen molar-refractivity contribution >= 4 is 11.6 Å². The number of piperidine rings is 1. The van der Waals surface area contributed by atoms with Gasteiger partial charge in [0.2, 0.25) is 0 Å². The molecule has 0 bridgehead atoms. The number of para-hydroxylation sites is 1. The molecule has 2 saturated heterocycles. The van der Waals surface area contributed by atoms with E-state index in [0.29, 0.717) is 0 Å². The van der Waals surface area contributed by atoms with E-state index in [2.05, 4.69) is 64.4 Å². The van der Waals surface area contributed by atoms with Crippen LogP contribution in [0.15, 0.2) is 84.9 Å². The zero-order valence-corrected chi connectivity index (χ0v) is 19.7. The number of ether oxygens (including phenoxy) is 1. The highest BCUT2D eigenvalue weighted by Gasteiger charge is 2.23. The first-order valence-corrected chi connectivity index (χ1v) is 12.4. The maximum atomic E-state index is 13.0. The monoisotopic (exact) mass is 455 g/mol. The van der Waals surface area contributed by atoms with Crippen LogP contribution in [0.4, 0.5) is 5.69 Å². The Labute approximate surface area is 202 Å². The van der Waals surface area contributed by atoms with E-state index in [1.165, 1.54) is 11.3 Å². The summed E-state index contributed by atoms with van der Waals surface area (Å²) in [6.07, 6.45) is 2.29. The van der Waals surface area contributed by atoms with Crippen LogP contribution in [0.2, 0.25) is 0 Å². The fraction of sp³-hybridized carbons (Fsp3) is 0.345. The minimum Gasteiger partial charge on any atom is -0.490 e. The molecule has 0 aliphatic carbocycles. The summed E-state index contributed by atoms with van der Waals surface area (Å²) in [5.41, 5.74) is 3.32. The fourth-order valence-corrected chi connectivity index (χ4v) is 4.88. The topological polar surface area (TPSA) is 36.0 Å². The molecule has 3 aromatic rings. The minimum absolute atomic E-state index is 0.105. The second-order valence-corrected chi connectivity index (χ2v) is 9.22. The van der Waals surface area contributed by atoms with Crippen LogP contribution in [0.25, 0.3) is 0 Å². The number of hydrogen-bond donors (Lipinski definition) is 0. The molecule has 2 heterocycles. The molecule has 5 rings (SSSR count). The molecule has 34 heavy (non-hydrogen) atoms. The molecule has 3 aromatic carbocycles. The van der Waals surface area contributed by atoms with E-state index in [1.807, 2.05) is 35.2 Å². The van der Waals surface area contributed by atoms with Crippen LogP contribution in [0, 0.1) is 0 Å². The Morgan fingerprint density at radius 1 is 0.735 bits per heavy atom. The molecule has 0 unspecified atom stereocenters. The number of carbonyl (C=O) groups is 1. The van der Waals surface area contributed by atoms with Crippen molar-refractivity contribution in [1.82, 2.24) is 9.80 Å². The molecule has 5 heteroatoms. The van der Waals surface area contributed by atoms with E-state index < -0.39 is 0 Å². The van der Waals surface area contributed by atoms with Gasteiger partial charge in [0, 0.05) is 57.1 Å². The van der Waals surface area contributed by atoms with E-state index in [1.54, 1.807) is 0 Å². The quantitative estimate of drug-likeness (QED) is 0.540. The number of carbonyl (C=O) groups excluding carboxylic acids is 1. The summed E-state index contributed by atoms with van der Waals surface area (Å²) in [5.74, 6) is 0.959. The molecule has 0 N–H and O–H groups in total. The third-order valence-electron chi connectivity index (χ3n) is 6.88. The lowest BCUT2D eigenvalue weighted by Crippen LogP contribution is -2.48. The summed E-state index contributed by atoms with van der Waals surface area (Å²) < 4.78 is 6.24. The molecule has 0 aromatic heterocycles. The standard InChI is InChI=1S/C29H33N3O2/c33-29(32-21-19-31(20-22-32)26-9-5-2-6-10-26)25-11-13-27(14-12-25)34-28-15-17-30(18-16-28)23-24-7-3-1-4-8-24/h1-14,28H,15-23H2. The van der Waals surface area contributed by atoms with Crippen LogP contribution in [-0.4, -0.2) is 61.1 Å². The van der Waals surface area contributed by atoms with Crippen LogP contribution in [0.3, 0.4) is 0 Å². The molecule has 176 valence electrons. The SMILES string of the molecule is O=C(c1ccc(OC2CCN(Cc3ccccc3)CC2)cc1)N1CCN(c2ccccc2)CC1. The van der Waals surface area contributed by atoms with Gasteiger partial charge in [-0.05, 0) is 54.8 Å². The van der Waals surface area contributed by atoms with Gasteiger partial charge in [0.05, 0.1) is 0 Å². The highest BCUT2D eigenvalue weighted by molar-refractivity contribution is 5.94. The maximum Gasteiger partial charge on any atom is 0.253 e. The Bertz CT molecular complexity index is 1040. The van der Waals surface area contributed by atoms with Crippen LogP contribution in [0.5, 0.6) is 5.75 Å². The molecule has 5 nitrogen and oxygen atoms in total. The molecule has 1 amide bonds. The van der Waals surface area contributed by atoms with Crippen molar-refractivity contribution in [3.8, 4) is 5.75 Å². The number of hydrogen-bond acceptors (Lipinski definition) is 4. The van der Waals surface area contributed by atoms with Gasteiger partial charge in [-0.2, -0.15) is 0 Å². The molecule has 0 saturated carbocycles. The maximum absolute atomic E-state index is 13.0. The van der Waals surface area contributed by atoms with E-state index in [9.17, 15) is 4.79 Å². The number of benzene rings is 3. The number of anilines is 1. The van der Waals surface area contributed by atoms with Gasteiger partial charge in [-0.25, -0.2) is 0 Å². The Morgan fingerprint density at radius 2 is 1.35 bits per heavy atom. The van der Waals surface area contributed by atoms with Crippen molar-refractivity contribution in [3.63, 3.8) is 0 Å². The van der Waals surface area contributed by atoms with Crippen molar-refractivity contribution in [2.45, 2.75) is 25.5 Å². The van der Waals surface area contributed by atoms with Gasteiger partial charge in [0.25, 0.3) is 5.91 Å². The normalized spacial score (nSPS) is 17.5. The van der Waals surface area contributed by atoms with Gasteiger partial charge >= 0.3 is 0 Å². The van der Waals surface area contributed by atoms with Crippen molar-refractivity contribution in [3.05, 3.63) is 96.1 Å². The molecule has 0 radical (unpaired) electrons. The van der Waals surface area contributed by atoms with Gasteiger partial charge in [0.15, 0.2) is 0 Å². The van der Waals surface area contributed by atoms with Gasteiger partial charge in [-0.3, -0.25) is 9.69 Å². The zero-order chi connectivity index (χ0) is 23.2. The van der Waals surface area contributed by atoms with Gasteiger partial charge in [-0.15, -0.1) is 0 Å². The third kappa shape index (κ3) is 5.60. The molecular formula is C29H33N3O2. The largest absolute Gasteiger partial charge is 0.490 e. The summed E-state index contributed by atoms with van der Waals surface area (Å²) in [4.78, 5) is 19.8. The lowest BCUT2D eigenvalue weighted by atomic mass is 10.1. The lowest BCUT2D eigenvalue weighted by Gasteiger charge is -2.36. The second-order valence-electron chi connectivity index (χ2n) is 9.22. The van der Waals surface area contributed by atoms with Crippen molar-refractivity contribution in [1.29, 1.82) is 0 Å². The van der Waals surface area contributed by atoms with E-state index in [-0.39, 0.29) is 12.0 Å². The number of nitrogens with zero attached hydrogens (tertiary/aromatic N) is 3. The minimum atomic E-state index is 0.105. The Hall–Kier alpha value is -3.31. The first-order chi connectivity index (χ1) is 16.7. The number of rotatable bonds is 6. The number of likely N-dealkylation sites (tertiary alicyclic amines) is 1. The summed E-state index contributed by atoms with van der Waals surface area (Å²) in [6.45, 7) is 6.31. The summed E-state index contributed by atoms with van der Waals surface area (Å²) >= 11 is 0. The first kappa shape index (κ1) is 22.5. The number of piperazine rings is 1. The van der Waals surface area contributed by atoms with Crippen LogP contribution in [0.1, 0.15) is 28.8 Å². The van der Waals surface area contributed by atoms with Gasteiger partial charge in [-0.1, -0.05) is 48.5 Å². The van der Waals surface area contributed by atoms with E-state index >= 15 is 0 Å². The van der Waals surface area contributed by atoms with E-state index in [4.69, 9.17) is 4.74 Å². The second kappa shape index (κ2) is 10.7. The Morgan fingerprint density at radius 3 is 2.00 bits per heavy atom. The smallest absolute Gasteiger partial charge is 0.253 e. The predicted octanol–water partition coefficient (Wildman–Crippen LogP) is 4.69. The summed E-state index contributed by atoms with van der Waals surface area (Å²) in [7, 11) is 0. The number of amides is 1. The van der Waals surface area contributed by atoms with Crippen molar-refractivity contribution in [2.75, 3.05) is 44.2 Å². The third-order valence-corrected chi connectivity index (χ3v) is 6.88. The lowest BCUT2D eigenvalue weighted by molar-refractivity contribution is 0.0746. The van der Waals surface area contributed by atoms with Crippen LogP contribution >= 0.6 is 0 Å². The molecule has 0 spiro atoms. The van der Waals surface area contributed by atoms with E-state index in [0.717, 1.165) is 70.0 Å². The van der Waals surface area contributed by atoms with Gasteiger partial charge in [0.1, 0.15) is 11.9 Å². The molecule has 0 atom stereocenters. The van der Waals surface area contributed by atoms with Gasteiger partial charge < -0.3 is 14.5 Å². The average Bonchev–Trinajstić information content (AvgIpc) is 2.91. The van der Waals surface area contributed by atoms with Crippen LogP contribution < -0.4 is 9.64 Å². The molecular weight excluding hydrogens is 422 g/mol. The molecule has 2 aliphatic rings. The first-order valence-electron chi connectivity index (χ1n) is 12.4. The molecule has 2 fully saturated rings. The fourth-order valence-electron chi connectivity index (χ4n) is 4.88.